The van der Waals surface area contributed by atoms with E-state index in [9.17, 15) is 9.59 Å². The zero-order chi connectivity index (χ0) is 17.2. The lowest BCUT2D eigenvalue weighted by molar-refractivity contribution is -0.134. The lowest BCUT2D eigenvalue weighted by Crippen LogP contribution is -2.41. The summed E-state index contributed by atoms with van der Waals surface area (Å²) in [6, 6.07) is 7.52. The van der Waals surface area contributed by atoms with Crippen molar-refractivity contribution in [1.82, 2.24) is 15.1 Å². The Kier molecular flexibility index (Phi) is 8.66. The van der Waals surface area contributed by atoms with Crippen LogP contribution in [0, 0.1) is 0 Å². The Bertz CT molecular complexity index is 503. The summed E-state index contributed by atoms with van der Waals surface area (Å²) >= 11 is 5.85. The van der Waals surface area contributed by atoms with Gasteiger partial charge in [-0.3, -0.25) is 9.59 Å². The van der Waals surface area contributed by atoms with Gasteiger partial charge in [-0.15, -0.1) is 0 Å². The van der Waals surface area contributed by atoms with Crippen LogP contribution in [0.2, 0.25) is 5.02 Å². The largest absolute Gasteiger partial charge is 0.355 e. The van der Waals surface area contributed by atoms with Gasteiger partial charge in [0.1, 0.15) is 0 Å². The molecule has 1 rings (SSSR count). The number of benzene rings is 1. The van der Waals surface area contributed by atoms with Crippen LogP contribution in [0.1, 0.15) is 18.9 Å². The molecule has 0 saturated carbocycles. The standard InChI is InChI=1S/C17H26ClN3O2/c1-14(22)21(12-9-15-5-7-16(18)8-6-15)13-17(23)19-10-4-11-20(2)3/h5-8H,4,9-13H2,1-3H3,(H,19,23). The molecule has 0 spiro atoms. The molecule has 0 heterocycles. The molecule has 0 fully saturated rings. The van der Waals surface area contributed by atoms with Crippen molar-refractivity contribution in [3.8, 4) is 0 Å². The van der Waals surface area contributed by atoms with E-state index in [2.05, 4.69) is 10.2 Å². The number of hydrogen-bond acceptors (Lipinski definition) is 3. The van der Waals surface area contributed by atoms with Crippen LogP contribution in [0.5, 0.6) is 0 Å². The van der Waals surface area contributed by atoms with E-state index in [-0.39, 0.29) is 18.4 Å². The fourth-order valence-electron chi connectivity index (χ4n) is 2.12. The number of halogens is 1. The van der Waals surface area contributed by atoms with Gasteiger partial charge in [0.15, 0.2) is 0 Å². The van der Waals surface area contributed by atoms with Crippen LogP contribution >= 0.6 is 11.6 Å². The van der Waals surface area contributed by atoms with Crippen LogP contribution in [0.3, 0.4) is 0 Å². The van der Waals surface area contributed by atoms with Gasteiger partial charge in [-0.2, -0.15) is 0 Å². The maximum Gasteiger partial charge on any atom is 0.239 e. The van der Waals surface area contributed by atoms with E-state index in [1.807, 2.05) is 38.4 Å². The van der Waals surface area contributed by atoms with E-state index >= 15 is 0 Å². The van der Waals surface area contributed by atoms with Crippen molar-refractivity contribution in [1.29, 1.82) is 0 Å². The van der Waals surface area contributed by atoms with E-state index in [1.165, 1.54) is 6.92 Å². The number of carbonyl (C=O) groups excluding carboxylic acids is 2. The van der Waals surface area contributed by atoms with Crippen molar-refractivity contribution in [2.75, 3.05) is 40.3 Å². The van der Waals surface area contributed by atoms with Gasteiger partial charge in [-0.1, -0.05) is 23.7 Å². The molecule has 0 unspecified atom stereocenters. The highest BCUT2D eigenvalue weighted by Crippen LogP contribution is 2.10. The first-order valence-corrected chi connectivity index (χ1v) is 8.17. The fourth-order valence-corrected chi connectivity index (χ4v) is 2.24. The number of hydrogen-bond donors (Lipinski definition) is 1. The summed E-state index contributed by atoms with van der Waals surface area (Å²) in [6.45, 7) is 3.65. The lowest BCUT2D eigenvalue weighted by Gasteiger charge is -2.20. The molecule has 1 aromatic carbocycles. The quantitative estimate of drug-likeness (QED) is 0.698. The molecular formula is C17H26ClN3O2. The molecule has 0 aliphatic carbocycles. The van der Waals surface area contributed by atoms with Crippen molar-refractivity contribution in [3.05, 3.63) is 34.9 Å². The molecular weight excluding hydrogens is 314 g/mol. The molecule has 0 saturated heterocycles. The molecule has 0 atom stereocenters. The third kappa shape index (κ3) is 8.57. The first-order valence-electron chi connectivity index (χ1n) is 7.80. The highest BCUT2D eigenvalue weighted by molar-refractivity contribution is 6.30. The van der Waals surface area contributed by atoms with Crippen LogP contribution in [0.25, 0.3) is 0 Å². The maximum atomic E-state index is 11.9. The number of carbonyl (C=O) groups is 2. The van der Waals surface area contributed by atoms with E-state index in [0.29, 0.717) is 24.5 Å². The smallest absolute Gasteiger partial charge is 0.239 e. The zero-order valence-corrected chi connectivity index (χ0v) is 14.9. The summed E-state index contributed by atoms with van der Waals surface area (Å²) in [5, 5.41) is 3.54. The van der Waals surface area contributed by atoms with E-state index in [1.54, 1.807) is 4.90 Å². The predicted molar refractivity (Wildman–Crippen MR) is 93.6 cm³/mol. The minimum atomic E-state index is -0.116. The summed E-state index contributed by atoms with van der Waals surface area (Å²) in [5.41, 5.74) is 1.09. The second-order valence-electron chi connectivity index (χ2n) is 5.82. The highest BCUT2D eigenvalue weighted by atomic mass is 35.5. The molecule has 0 radical (unpaired) electrons. The van der Waals surface area contributed by atoms with Crippen LogP contribution < -0.4 is 5.32 Å². The van der Waals surface area contributed by atoms with Gasteiger partial charge in [0.25, 0.3) is 0 Å². The maximum absolute atomic E-state index is 11.9. The van der Waals surface area contributed by atoms with E-state index < -0.39 is 0 Å². The van der Waals surface area contributed by atoms with Gasteiger partial charge in [-0.25, -0.2) is 0 Å². The molecule has 2 amide bonds. The first kappa shape index (κ1) is 19.5. The van der Waals surface area contributed by atoms with Gasteiger partial charge in [-0.05, 0) is 51.2 Å². The van der Waals surface area contributed by atoms with Gasteiger partial charge >= 0.3 is 0 Å². The molecule has 0 aromatic heterocycles. The van der Waals surface area contributed by atoms with E-state index in [0.717, 1.165) is 18.5 Å². The van der Waals surface area contributed by atoms with Crippen molar-refractivity contribution >= 4 is 23.4 Å². The summed E-state index contributed by atoms with van der Waals surface area (Å²) in [7, 11) is 3.99. The van der Waals surface area contributed by atoms with Crippen molar-refractivity contribution in [3.63, 3.8) is 0 Å². The van der Waals surface area contributed by atoms with Crippen molar-refractivity contribution < 1.29 is 9.59 Å². The Morgan fingerprint density at radius 1 is 1.13 bits per heavy atom. The Balaban J connectivity index is 2.37. The summed E-state index contributed by atoms with van der Waals surface area (Å²) in [5.74, 6) is -0.211. The number of nitrogens with one attached hydrogen (secondary N) is 1. The molecule has 6 heteroatoms. The lowest BCUT2D eigenvalue weighted by atomic mass is 10.1. The second-order valence-corrected chi connectivity index (χ2v) is 6.26. The number of amides is 2. The normalized spacial score (nSPS) is 10.7. The van der Waals surface area contributed by atoms with Gasteiger partial charge in [0.2, 0.25) is 11.8 Å². The third-order valence-corrected chi connectivity index (χ3v) is 3.72. The van der Waals surface area contributed by atoms with Crippen LogP contribution in [0.4, 0.5) is 0 Å². The van der Waals surface area contributed by atoms with Gasteiger partial charge in [0, 0.05) is 25.0 Å². The minimum Gasteiger partial charge on any atom is -0.355 e. The number of nitrogens with zero attached hydrogens (tertiary/aromatic N) is 2. The SMILES string of the molecule is CC(=O)N(CCc1ccc(Cl)cc1)CC(=O)NCCCN(C)C. The Hall–Kier alpha value is -1.59. The number of rotatable bonds is 9. The molecule has 0 bridgehead atoms. The molecule has 128 valence electrons. The van der Waals surface area contributed by atoms with Crippen LogP contribution in [-0.4, -0.2) is 61.9 Å². The van der Waals surface area contributed by atoms with Gasteiger partial charge < -0.3 is 15.1 Å². The Morgan fingerprint density at radius 2 is 1.78 bits per heavy atom. The van der Waals surface area contributed by atoms with Crippen LogP contribution in [-0.2, 0) is 16.0 Å². The predicted octanol–water partition coefficient (Wildman–Crippen LogP) is 1.80. The Labute approximate surface area is 143 Å². The van der Waals surface area contributed by atoms with Crippen molar-refractivity contribution in [2.24, 2.45) is 0 Å². The van der Waals surface area contributed by atoms with E-state index in [4.69, 9.17) is 11.6 Å². The average molecular weight is 340 g/mol. The van der Waals surface area contributed by atoms with Crippen molar-refractivity contribution in [2.45, 2.75) is 19.8 Å². The summed E-state index contributed by atoms with van der Waals surface area (Å²) in [4.78, 5) is 27.2. The zero-order valence-electron chi connectivity index (χ0n) is 14.1. The topological polar surface area (TPSA) is 52.7 Å². The molecule has 1 aromatic rings. The monoisotopic (exact) mass is 339 g/mol. The minimum absolute atomic E-state index is 0.0950. The Morgan fingerprint density at radius 3 is 2.35 bits per heavy atom. The van der Waals surface area contributed by atoms with Crippen LogP contribution in [0.15, 0.2) is 24.3 Å². The molecule has 5 nitrogen and oxygen atoms in total. The summed E-state index contributed by atoms with van der Waals surface area (Å²) in [6.07, 6.45) is 1.59. The molecule has 0 aliphatic rings. The molecule has 1 N–H and O–H groups in total. The highest BCUT2D eigenvalue weighted by Gasteiger charge is 2.13. The fraction of sp³-hybridized carbons (Fsp3) is 0.529. The molecule has 23 heavy (non-hydrogen) atoms. The molecule has 0 aliphatic heterocycles. The first-order chi connectivity index (χ1) is 10.9. The average Bonchev–Trinajstić information content (AvgIpc) is 2.49. The summed E-state index contributed by atoms with van der Waals surface area (Å²) < 4.78 is 0. The van der Waals surface area contributed by atoms with Gasteiger partial charge in [0.05, 0.1) is 6.54 Å². The second kappa shape index (κ2) is 10.2. The third-order valence-electron chi connectivity index (χ3n) is 3.47.